The number of unbranched alkanes of at least 4 members (excludes halogenated alkanes) is 1. The Labute approximate surface area is 274 Å². The molecule has 0 spiro atoms. The van der Waals surface area contributed by atoms with Crippen LogP contribution >= 0.6 is 0 Å². The first-order valence-electron chi connectivity index (χ1n) is 14.4. The lowest BCUT2D eigenvalue weighted by atomic mass is 10.4. The molecule has 0 heterocycles. The molecule has 41 heavy (non-hydrogen) atoms. The summed E-state index contributed by atoms with van der Waals surface area (Å²) in [5.74, 6) is 0. The average Bonchev–Trinajstić information content (AvgIpc) is 2.69. The third-order valence-corrected chi connectivity index (χ3v) is 27.8. The van der Waals surface area contributed by atoms with Crippen LogP contribution in [0.25, 0.3) is 0 Å². The first-order chi connectivity index (χ1) is 15.6. The monoisotopic (exact) mass is 696 g/mol. The van der Waals surface area contributed by atoms with Gasteiger partial charge < -0.3 is 18.1 Å². The van der Waals surface area contributed by atoms with Gasteiger partial charge in [0.25, 0.3) is 0 Å². The minimum Gasteiger partial charge on any atom is -0.458 e. The molecule has 0 bridgehead atoms. The van der Waals surface area contributed by atoms with Crippen molar-refractivity contribution in [2.45, 2.75) is 200 Å². The summed E-state index contributed by atoms with van der Waals surface area (Å²) >= 11 is 0. The lowest BCUT2D eigenvalue weighted by Gasteiger charge is -2.33. The molecule has 10 heteroatoms. The Balaban J connectivity index is -0.0000000506. The van der Waals surface area contributed by atoms with Crippen molar-refractivity contribution < 1.29 is 12.3 Å². The van der Waals surface area contributed by atoms with Gasteiger partial charge in [-0.15, -0.1) is 0 Å². The number of hydrogen-bond donors (Lipinski definition) is 1. The first kappa shape index (κ1) is 64.9. The quantitative estimate of drug-likeness (QED) is 0.173. The van der Waals surface area contributed by atoms with Gasteiger partial charge in [-0.3, -0.25) is 0 Å². The van der Waals surface area contributed by atoms with E-state index in [0.717, 1.165) is 13.0 Å². The molecule has 0 unspecified atom stereocenters. The predicted octanol–water partition coefficient (Wildman–Crippen LogP) is 13.0. The molecule has 264 valence electrons. The van der Waals surface area contributed by atoms with Gasteiger partial charge in [-0.05, 0) is 122 Å². The highest BCUT2D eigenvalue weighted by atomic mass is 28.4. The molecule has 0 aromatic rings. The van der Waals surface area contributed by atoms with Crippen molar-refractivity contribution >= 4 is 50.6 Å². The molecule has 0 rings (SSSR count). The van der Waals surface area contributed by atoms with Gasteiger partial charge in [-0.2, -0.15) is 0 Å². The zero-order valence-corrected chi connectivity index (χ0v) is 33.4. The fourth-order valence-corrected chi connectivity index (χ4v) is 25.6. The summed E-state index contributed by atoms with van der Waals surface area (Å²) in [4.78, 5) is 0. The summed E-state index contributed by atoms with van der Waals surface area (Å²) in [6.07, 6.45) is 3.76. The molecule has 0 aromatic carbocycles. The fourth-order valence-electron chi connectivity index (χ4n) is 3.59. The Hall–Kier alpha value is 1.14. The molecule has 0 aliphatic carbocycles. The summed E-state index contributed by atoms with van der Waals surface area (Å²) in [6.45, 7) is 37.5. The van der Waals surface area contributed by atoms with E-state index in [0.29, 0.717) is 0 Å². The molecule has 0 aromatic heterocycles. The largest absolute Gasteiger partial charge is 0.458 e. The highest BCUT2D eigenvalue weighted by Crippen LogP contribution is 2.23. The van der Waals surface area contributed by atoms with Crippen LogP contribution in [0, 0.1) is 0 Å². The molecule has 0 radical (unpaired) electrons. The first-order valence-corrected chi connectivity index (χ1v) is 32.8. The van der Waals surface area contributed by atoms with Crippen LogP contribution < -0.4 is 5.73 Å². The molecule has 0 saturated heterocycles. The third-order valence-electron chi connectivity index (χ3n) is 6.33. The molecule has 0 atom stereocenters. The average molecular weight is 697 g/mol. The summed E-state index contributed by atoms with van der Waals surface area (Å²) in [6, 6.07) is 6.25. The van der Waals surface area contributed by atoms with Gasteiger partial charge >= 0.3 is 0 Å². The topological polar surface area (TPSA) is 53.7 Å². The Morgan fingerprint density at radius 2 is 0.780 bits per heavy atom. The van der Waals surface area contributed by atoms with Crippen molar-refractivity contribution in [1.82, 2.24) is 0 Å². The highest BCUT2D eigenvalue weighted by molar-refractivity contribution is 6.85. The molecule has 0 saturated carbocycles. The Kier molecular flexibility index (Phi) is 49.3. The number of rotatable bonds is 15. The van der Waals surface area contributed by atoms with Gasteiger partial charge in [-0.1, -0.05) is 85.1 Å². The van der Waals surface area contributed by atoms with E-state index in [4.69, 9.17) is 18.1 Å². The lowest BCUT2D eigenvalue weighted by molar-refractivity contribution is 0.534. The van der Waals surface area contributed by atoms with E-state index in [-0.39, 0.29) is 44.6 Å². The Morgan fingerprint density at radius 3 is 0.976 bits per heavy atom. The molecule has 4 nitrogen and oxygen atoms in total. The number of hydrogen-bond acceptors (Lipinski definition) is 4. The van der Waals surface area contributed by atoms with Gasteiger partial charge in [0.2, 0.25) is 0 Å². The van der Waals surface area contributed by atoms with Crippen LogP contribution in [0.5, 0.6) is 0 Å². The van der Waals surface area contributed by atoms with Crippen molar-refractivity contribution in [2.24, 2.45) is 5.73 Å². The van der Waals surface area contributed by atoms with Crippen molar-refractivity contribution in [1.29, 1.82) is 0 Å². The van der Waals surface area contributed by atoms with Crippen LogP contribution in [0.15, 0.2) is 0 Å². The van der Waals surface area contributed by atoms with Gasteiger partial charge in [0.05, 0.1) is 0 Å². The summed E-state index contributed by atoms with van der Waals surface area (Å²) in [5.41, 5.74) is 5.51. The van der Waals surface area contributed by atoms with Crippen LogP contribution in [0.2, 0.25) is 109 Å². The van der Waals surface area contributed by atoms with Crippen molar-refractivity contribution in [3.8, 4) is 0 Å². The van der Waals surface area contributed by atoms with Crippen molar-refractivity contribution in [3.05, 3.63) is 0 Å². The molecular weight excluding hydrogens is 603 g/mol. The second-order valence-electron chi connectivity index (χ2n) is 13.2. The maximum Gasteiger partial charge on any atom is 0.173 e. The Morgan fingerprint density at radius 1 is 0.488 bits per heavy atom. The van der Waals surface area contributed by atoms with Gasteiger partial charge in [0.15, 0.2) is 50.6 Å². The predicted molar refractivity (Wildman–Crippen MR) is 220 cm³/mol. The van der Waals surface area contributed by atoms with Gasteiger partial charge in [0, 0.05) is 0 Å². The van der Waals surface area contributed by atoms with Crippen molar-refractivity contribution in [2.75, 3.05) is 6.54 Å². The van der Waals surface area contributed by atoms with E-state index in [2.05, 4.69) is 106 Å². The molecule has 0 aliphatic rings. The zero-order valence-electron chi connectivity index (χ0n) is 27.2. The van der Waals surface area contributed by atoms with Crippen LogP contribution in [-0.4, -0.2) is 57.2 Å². The summed E-state index contributed by atoms with van der Waals surface area (Å²) in [5, 5.41) is 0. The summed E-state index contributed by atoms with van der Waals surface area (Å²) < 4.78 is 18.5. The molecule has 0 fully saturated rings. The normalized spacial score (nSPS) is 11.3. The molecule has 0 amide bonds. The summed E-state index contributed by atoms with van der Waals surface area (Å²) in [7, 11) is -7.29. The maximum atomic E-state index is 6.35. The standard InChI is InChI=1S/C10H26OSi2.C9H25NOSi2.C6H18OSi2.6CH4/c1-7-9-10-13(5,6)11-12(3,4)8-2;1-6-12(2,3)11-13(4,5)9-7-8-10;1-6-9(4,5)7-8(2)3;;;;;;/h7-10H2,1-6H3;6-10H2,1-5H3;8H,6H2,1-5H3;6*1H4. The zero-order chi connectivity index (χ0) is 28.6. The second kappa shape index (κ2) is 31.1. The lowest BCUT2D eigenvalue weighted by Crippen LogP contribution is -2.43. The smallest absolute Gasteiger partial charge is 0.173 e. The van der Waals surface area contributed by atoms with Gasteiger partial charge in [0.1, 0.15) is 0 Å². The van der Waals surface area contributed by atoms with E-state index < -0.39 is 50.6 Å². The van der Waals surface area contributed by atoms with E-state index in [9.17, 15) is 0 Å². The highest BCUT2D eigenvalue weighted by Gasteiger charge is 2.31. The minimum atomic E-state index is -1.40. The third kappa shape index (κ3) is 45.7. The van der Waals surface area contributed by atoms with E-state index in [1.54, 1.807) is 0 Å². The van der Waals surface area contributed by atoms with Crippen LogP contribution in [0.3, 0.4) is 0 Å². The second-order valence-corrected chi connectivity index (χ2v) is 38.6. The van der Waals surface area contributed by atoms with Crippen LogP contribution in [0.4, 0.5) is 0 Å². The molecule has 0 aliphatic heterocycles. The number of nitrogens with two attached hydrogens (primary N) is 1. The van der Waals surface area contributed by atoms with Crippen LogP contribution in [0.1, 0.15) is 91.5 Å². The molecular formula is C31H93NO3Si6. The Bertz CT molecular complexity index is 484. The fraction of sp³-hybridized carbons (Fsp3) is 1.00. The van der Waals surface area contributed by atoms with Crippen molar-refractivity contribution in [3.63, 3.8) is 0 Å². The van der Waals surface area contributed by atoms with Gasteiger partial charge in [-0.25, -0.2) is 0 Å². The SMILES string of the molecule is C.C.C.C.C.C.CCCC[Si](C)(C)O[Si](C)(C)CC.CC[Si](C)(C)O[SiH](C)C.CC[Si](C)(C)O[Si](C)(C)CCCN. The van der Waals surface area contributed by atoms with E-state index in [1.165, 1.54) is 43.1 Å². The van der Waals surface area contributed by atoms with E-state index >= 15 is 0 Å². The maximum absolute atomic E-state index is 6.35. The van der Waals surface area contributed by atoms with Crippen LogP contribution in [-0.2, 0) is 12.3 Å². The minimum absolute atomic E-state index is 0. The van der Waals surface area contributed by atoms with E-state index in [1.807, 2.05) is 0 Å². The molecule has 2 N–H and O–H groups in total.